The standard InChI is InChI=1S/C6H4N6O4S2/c7-9-11-17(13,14)5-2-1-3-6(4-5)18(15,16)12-10-8/h1-4H. The summed E-state index contributed by atoms with van der Waals surface area (Å²) < 4.78 is 50.5. The molecule has 1 rings (SSSR count). The van der Waals surface area contributed by atoms with Crippen LogP contribution in [0.25, 0.3) is 20.9 Å². The maximum Gasteiger partial charge on any atom is 0.264 e. The summed E-state index contributed by atoms with van der Waals surface area (Å²) in [4.78, 5) is 3.20. The van der Waals surface area contributed by atoms with E-state index in [4.69, 9.17) is 11.1 Å². The van der Waals surface area contributed by atoms with E-state index in [2.05, 4.69) is 18.9 Å². The number of azide groups is 2. The molecule has 0 spiro atoms. The van der Waals surface area contributed by atoms with E-state index in [-0.39, 0.29) is 0 Å². The highest BCUT2D eigenvalue weighted by molar-refractivity contribution is 7.90. The summed E-state index contributed by atoms with van der Waals surface area (Å²) >= 11 is 0. The minimum atomic E-state index is -4.30. The fourth-order valence-electron chi connectivity index (χ4n) is 0.986. The Kier molecular flexibility index (Phi) is 3.79. The first-order chi connectivity index (χ1) is 8.33. The molecule has 18 heavy (non-hydrogen) atoms. The van der Waals surface area contributed by atoms with E-state index in [1.807, 2.05) is 0 Å². The average molecular weight is 288 g/mol. The molecule has 0 aliphatic heterocycles. The highest BCUT2D eigenvalue weighted by Gasteiger charge is 2.17. The normalized spacial score (nSPS) is 11.1. The molecule has 0 aromatic heterocycles. The first-order valence-corrected chi connectivity index (χ1v) is 6.94. The van der Waals surface area contributed by atoms with Crippen LogP contribution in [0.5, 0.6) is 0 Å². The van der Waals surface area contributed by atoms with E-state index in [0.717, 1.165) is 24.3 Å². The molecule has 0 heterocycles. The quantitative estimate of drug-likeness (QED) is 0.467. The predicted molar refractivity (Wildman–Crippen MR) is 59.1 cm³/mol. The van der Waals surface area contributed by atoms with Crippen LogP contribution in [0, 0.1) is 0 Å². The lowest BCUT2D eigenvalue weighted by Crippen LogP contribution is -2.00. The SMILES string of the molecule is [N-]=[N+]=NS(=O)(=O)c1cccc(S(=O)(=O)N=[N+]=[N-])c1. The Morgan fingerprint density at radius 1 is 0.889 bits per heavy atom. The van der Waals surface area contributed by atoms with Crippen molar-refractivity contribution >= 4 is 20.0 Å². The fraction of sp³-hybridized carbons (Fsp3) is 0. The van der Waals surface area contributed by atoms with Crippen LogP contribution in [0.3, 0.4) is 0 Å². The highest BCUT2D eigenvalue weighted by atomic mass is 32.2. The summed E-state index contributed by atoms with van der Waals surface area (Å²) in [6.07, 6.45) is 0. The van der Waals surface area contributed by atoms with Crippen molar-refractivity contribution in [2.24, 2.45) is 9.04 Å². The van der Waals surface area contributed by atoms with Gasteiger partial charge in [-0.25, -0.2) is 16.8 Å². The molecule has 0 N–H and O–H groups in total. The number of rotatable bonds is 4. The number of sulfonamides is 2. The molecule has 1 aromatic carbocycles. The van der Waals surface area contributed by atoms with Gasteiger partial charge in [0.05, 0.1) is 9.79 Å². The minimum absolute atomic E-state index is 0.519. The van der Waals surface area contributed by atoms with Gasteiger partial charge < -0.3 is 0 Å². The van der Waals surface area contributed by atoms with Crippen molar-refractivity contribution in [3.63, 3.8) is 0 Å². The van der Waals surface area contributed by atoms with Gasteiger partial charge in [0.15, 0.2) is 0 Å². The second kappa shape index (κ2) is 4.94. The summed E-state index contributed by atoms with van der Waals surface area (Å²) in [5, 5.41) is 0. The van der Waals surface area contributed by atoms with E-state index < -0.39 is 29.8 Å². The molecule has 1 aromatic rings. The molecular weight excluding hydrogens is 284 g/mol. The molecular formula is C6H4N6O4S2. The molecule has 10 nitrogen and oxygen atoms in total. The maximum atomic E-state index is 11.4. The molecule has 0 aliphatic rings. The summed E-state index contributed by atoms with van der Waals surface area (Å²) in [7, 11) is -8.60. The Labute approximate surface area is 101 Å². The summed E-state index contributed by atoms with van der Waals surface area (Å²) in [6.45, 7) is 0. The van der Waals surface area contributed by atoms with Gasteiger partial charge >= 0.3 is 0 Å². The smallest absolute Gasteiger partial charge is 0.216 e. The van der Waals surface area contributed by atoms with Crippen LogP contribution >= 0.6 is 0 Å². The van der Waals surface area contributed by atoms with E-state index >= 15 is 0 Å². The number of nitrogens with zero attached hydrogens (tertiary/aromatic N) is 6. The van der Waals surface area contributed by atoms with Crippen LogP contribution in [-0.2, 0) is 20.0 Å². The Balaban J connectivity index is 3.50. The number of hydrogen-bond donors (Lipinski definition) is 0. The molecule has 0 radical (unpaired) electrons. The van der Waals surface area contributed by atoms with Gasteiger partial charge in [-0.3, -0.25) is 0 Å². The van der Waals surface area contributed by atoms with Crippen LogP contribution in [0.15, 0.2) is 43.1 Å². The summed E-state index contributed by atoms with van der Waals surface area (Å²) in [5.74, 6) is 0. The van der Waals surface area contributed by atoms with Gasteiger partial charge in [0, 0.05) is 18.9 Å². The monoisotopic (exact) mass is 288 g/mol. The molecule has 0 saturated heterocycles. The zero-order valence-corrected chi connectivity index (χ0v) is 10.1. The van der Waals surface area contributed by atoms with Crippen molar-refractivity contribution < 1.29 is 16.8 Å². The molecule has 0 unspecified atom stereocenters. The summed E-state index contributed by atoms with van der Waals surface area (Å²) in [6, 6.07) is 3.92. The van der Waals surface area contributed by atoms with Crippen molar-refractivity contribution in [1.82, 2.24) is 0 Å². The second-order valence-corrected chi connectivity index (χ2v) is 5.94. The highest BCUT2D eigenvalue weighted by Crippen LogP contribution is 2.19. The van der Waals surface area contributed by atoms with Crippen LogP contribution in [0.1, 0.15) is 0 Å². The van der Waals surface area contributed by atoms with E-state index in [1.165, 1.54) is 0 Å². The van der Waals surface area contributed by atoms with Gasteiger partial charge in [0.1, 0.15) is 0 Å². The predicted octanol–water partition coefficient (Wildman–Crippen LogP) is 1.68. The molecule has 0 aliphatic carbocycles. The zero-order chi connectivity index (χ0) is 13.8. The minimum Gasteiger partial charge on any atom is -0.216 e. The van der Waals surface area contributed by atoms with Crippen molar-refractivity contribution in [3.8, 4) is 0 Å². The topological polar surface area (TPSA) is 166 Å². The van der Waals surface area contributed by atoms with Gasteiger partial charge in [-0.2, -0.15) is 0 Å². The lowest BCUT2D eigenvalue weighted by Gasteiger charge is -2.00. The first kappa shape index (κ1) is 13.8. The Morgan fingerprint density at radius 2 is 1.28 bits per heavy atom. The van der Waals surface area contributed by atoms with Crippen LogP contribution in [-0.4, -0.2) is 16.8 Å². The zero-order valence-electron chi connectivity index (χ0n) is 8.44. The van der Waals surface area contributed by atoms with Gasteiger partial charge in [-0.1, -0.05) is 6.07 Å². The lowest BCUT2D eigenvalue weighted by atomic mass is 10.4. The van der Waals surface area contributed by atoms with Gasteiger partial charge in [-0.15, -0.1) is 0 Å². The molecule has 0 atom stereocenters. The van der Waals surface area contributed by atoms with Crippen LogP contribution in [0.4, 0.5) is 0 Å². The molecule has 0 saturated carbocycles. The van der Waals surface area contributed by atoms with E-state index in [0.29, 0.717) is 0 Å². The molecule has 94 valence electrons. The lowest BCUT2D eigenvalue weighted by molar-refractivity contribution is 0.595. The number of benzene rings is 1. The van der Waals surface area contributed by atoms with Crippen molar-refractivity contribution in [3.05, 3.63) is 45.2 Å². The third-order valence-corrected chi connectivity index (χ3v) is 3.96. The van der Waals surface area contributed by atoms with Gasteiger partial charge in [0.2, 0.25) is 0 Å². The molecule has 0 fully saturated rings. The molecule has 0 bridgehead atoms. The van der Waals surface area contributed by atoms with Crippen molar-refractivity contribution in [2.45, 2.75) is 9.79 Å². The summed E-state index contributed by atoms with van der Waals surface area (Å²) in [5.41, 5.74) is 16.1. The second-order valence-electron chi connectivity index (χ2n) is 2.77. The van der Waals surface area contributed by atoms with Crippen molar-refractivity contribution in [1.29, 1.82) is 0 Å². The van der Waals surface area contributed by atoms with E-state index in [1.54, 1.807) is 0 Å². The Morgan fingerprint density at radius 3 is 1.61 bits per heavy atom. The maximum absolute atomic E-state index is 11.4. The number of hydrogen-bond acceptors (Lipinski definition) is 4. The average Bonchev–Trinajstić information content (AvgIpc) is 2.29. The van der Waals surface area contributed by atoms with Crippen LogP contribution in [0.2, 0.25) is 0 Å². The van der Waals surface area contributed by atoms with E-state index in [9.17, 15) is 16.8 Å². The van der Waals surface area contributed by atoms with Crippen LogP contribution < -0.4 is 0 Å². The Hall–Kier alpha value is -2.26. The third-order valence-electron chi connectivity index (χ3n) is 1.69. The first-order valence-electron chi connectivity index (χ1n) is 4.06. The molecule has 0 amide bonds. The largest absolute Gasteiger partial charge is 0.264 e. The Bertz CT molecular complexity index is 707. The van der Waals surface area contributed by atoms with Crippen molar-refractivity contribution in [2.75, 3.05) is 0 Å². The van der Waals surface area contributed by atoms with Gasteiger partial charge in [-0.05, 0) is 29.3 Å². The van der Waals surface area contributed by atoms with Gasteiger partial charge in [0.25, 0.3) is 20.0 Å². The fourth-order valence-corrected chi connectivity index (χ4v) is 2.49. The molecule has 12 heteroatoms. The third kappa shape index (κ3) is 2.90.